The van der Waals surface area contributed by atoms with Gasteiger partial charge in [-0.2, -0.15) is 0 Å². The van der Waals surface area contributed by atoms with Crippen LogP contribution in [0.1, 0.15) is 52.7 Å². The molecule has 0 fully saturated rings. The van der Waals surface area contributed by atoms with Gasteiger partial charge in [-0.1, -0.05) is 95.5 Å². The van der Waals surface area contributed by atoms with E-state index in [1.54, 1.807) is 7.11 Å². The molecule has 1 nitrogen and oxygen atoms in total. The van der Waals surface area contributed by atoms with Gasteiger partial charge in [0.25, 0.3) is 0 Å². The highest BCUT2D eigenvalue weighted by Gasteiger charge is 2.21. The van der Waals surface area contributed by atoms with E-state index in [0.29, 0.717) is 0 Å². The molecule has 0 atom stereocenters. The minimum atomic E-state index is 0.0712. The molecule has 0 aromatic heterocycles. The summed E-state index contributed by atoms with van der Waals surface area (Å²) in [6, 6.07) is 21.3. The van der Waals surface area contributed by atoms with E-state index >= 15 is 0 Å². The van der Waals surface area contributed by atoms with Crippen molar-refractivity contribution in [2.75, 3.05) is 7.11 Å². The molecule has 0 unspecified atom stereocenters. The van der Waals surface area contributed by atoms with E-state index < -0.39 is 0 Å². The van der Waals surface area contributed by atoms with Crippen LogP contribution < -0.4 is 10.2 Å². The second kappa shape index (κ2) is 7.74. The number of hydrogen-bond acceptors (Lipinski definition) is 1. The molecule has 0 bridgehead atoms. The van der Waals surface area contributed by atoms with E-state index in [1.165, 1.54) is 16.7 Å². The Kier molecular flexibility index (Phi) is 5.67. The van der Waals surface area contributed by atoms with E-state index in [0.717, 1.165) is 27.9 Å². The Morgan fingerprint density at radius 2 is 1.17 bits per heavy atom. The molecule has 0 N–H and O–H groups in total. The van der Waals surface area contributed by atoms with Gasteiger partial charge in [0.2, 0.25) is 0 Å². The van der Waals surface area contributed by atoms with Gasteiger partial charge in [-0.3, -0.25) is 0 Å². The van der Waals surface area contributed by atoms with Crippen LogP contribution in [0, 0.1) is 0 Å². The van der Waals surface area contributed by atoms with Crippen LogP contribution >= 0.6 is 0 Å². The van der Waals surface area contributed by atoms with Gasteiger partial charge in [0.05, 0.1) is 7.11 Å². The lowest BCUT2D eigenvalue weighted by Crippen LogP contribution is -2.16. The zero-order chi connectivity index (χ0) is 21.4. The molecule has 0 aliphatic carbocycles. The van der Waals surface area contributed by atoms with Crippen LogP contribution in [-0.2, 0) is 10.8 Å². The van der Waals surface area contributed by atoms with Crippen LogP contribution in [0.25, 0.3) is 22.3 Å². The molecular weight excluding hydrogens is 351 g/mol. The van der Waals surface area contributed by atoms with Gasteiger partial charge in [-0.25, -0.2) is 0 Å². The van der Waals surface area contributed by atoms with E-state index in [2.05, 4.69) is 77.9 Å². The minimum Gasteiger partial charge on any atom is -0.496 e. The summed E-state index contributed by atoms with van der Waals surface area (Å²) in [4.78, 5) is 0. The average Bonchev–Trinajstić information content (AvgIpc) is 2.65. The molecule has 0 spiro atoms. The van der Waals surface area contributed by atoms with Gasteiger partial charge in [0, 0.05) is 5.56 Å². The predicted octanol–water partition coefficient (Wildman–Crippen LogP) is 6.42. The van der Waals surface area contributed by atoms with E-state index in [-0.39, 0.29) is 10.8 Å². The van der Waals surface area contributed by atoms with Gasteiger partial charge < -0.3 is 4.74 Å². The third kappa shape index (κ3) is 4.75. The van der Waals surface area contributed by atoms with Crippen LogP contribution in [0.5, 0.6) is 5.75 Å². The fraction of sp³-hybridized carbons (Fsp3) is 0.333. The van der Waals surface area contributed by atoms with Crippen LogP contribution in [0.15, 0.2) is 60.7 Å². The Labute approximate surface area is 177 Å². The topological polar surface area (TPSA) is 9.23 Å². The number of benzene rings is 3. The zero-order valence-corrected chi connectivity index (χ0v) is 18.8. The summed E-state index contributed by atoms with van der Waals surface area (Å²) in [5, 5.41) is 0. The van der Waals surface area contributed by atoms with Gasteiger partial charge >= 0.3 is 0 Å². The van der Waals surface area contributed by atoms with Crippen LogP contribution in [0.4, 0.5) is 0 Å². The molecule has 3 aromatic rings. The Balaban J connectivity index is 2.22. The van der Waals surface area contributed by atoms with Crippen molar-refractivity contribution in [3.63, 3.8) is 0 Å². The Morgan fingerprint density at radius 3 is 1.72 bits per heavy atom. The highest BCUT2D eigenvalue weighted by Crippen LogP contribution is 2.36. The average molecular weight is 382 g/mol. The lowest BCUT2D eigenvalue weighted by molar-refractivity contribution is 0.416. The van der Waals surface area contributed by atoms with Gasteiger partial charge in [-0.15, -0.1) is 0 Å². The van der Waals surface area contributed by atoms with Crippen LogP contribution in [0.2, 0.25) is 0 Å². The molecular formula is C27H31BO. The normalized spacial score (nSPS) is 12.1. The molecule has 0 amide bonds. The zero-order valence-electron chi connectivity index (χ0n) is 18.8. The van der Waals surface area contributed by atoms with E-state index in [9.17, 15) is 0 Å². The lowest BCUT2D eigenvalue weighted by atomic mass is 9.78. The third-order valence-corrected chi connectivity index (χ3v) is 5.37. The van der Waals surface area contributed by atoms with Gasteiger partial charge in [-0.05, 0) is 50.8 Å². The van der Waals surface area contributed by atoms with Crippen molar-refractivity contribution in [3.05, 3.63) is 71.8 Å². The van der Waals surface area contributed by atoms with Crippen LogP contribution in [0.3, 0.4) is 0 Å². The largest absolute Gasteiger partial charge is 0.496 e. The standard InChI is InChI=1S/C27H31BO/c1-26(2,3)21-13-19(14-22(17-21)27(4,5)6)18-12-20(16-23(28)15-18)24-10-8-9-11-25(24)29-7/h8-17H,1-7H3. The summed E-state index contributed by atoms with van der Waals surface area (Å²) >= 11 is 0. The summed E-state index contributed by atoms with van der Waals surface area (Å²) in [6.45, 7) is 13.6. The summed E-state index contributed by atoms with van der Waals surface area (Å²) in [7, 11) is 8.04. The second-order valence-electron chi connectivity index (χ2n) is 9.84. The SMILES string of the molecule is [B]c1cc(-c2cc(C(C)(C)C)cc(C(C)(C)C)c2)cc(-c2ccccc2OC)c1. The predicted molar refractivity (Wildman–Crippen MR) is 127 cm³/mol. The Morgan fingerprint density at radius 1 is 0.655 bits per heavy atom. The van der Waals surface area contributed by atoms with E-state index in [4.69, 9.17) is 12.6 Å². The number of ether oxygens (including phenoxy) is 1. The minimum absolute atomic E-state index is 0.0712. The van der Waals surface area contributed by atoms with Gasteiger partial charge in [0.1, 0.15) is 13.6 Å². The fourth-order valence-corrected chi connectivity index (χ4v) is 3.52. The smallest absolute Gasteiger partial charge is 0.126 e. The van der Waals surface area contributed by atoms with Crippen molar-refractivity contribution in [3.8, 4) is 28.0 Å². The highest BCUT2D eigenvalue weighted by molar-refractivity contribution is 6.33. The maximum atomic E-state index is 6.33. The van der Waals surface area contributed by atoms with Crippen molar-refractivity contribution in [2.45, 2.75) is 52.4 Å². The molecule has 3 rings (SSSR count). The first-order valence-corrected chi connectivity index (χ1v) is 10.2. The van der Waals surface area contributed by atoms with Crippen molar-refractivity contribution in [1.29, 1.82) is 0 Å². The molecule has 0 saturated carbocycles. The summed E-state index contributed by atoms with van der Waals surface area (Å²) < 4.78 is 5.57. The molecule has 2 radical (unpaired) electrons. The second-order valence-corrected chi connectivity index (χ2v) is 9.84. The molecule has 2 heteroatoms. The molecule has 0 saturated heterocycles. The monoisotopic (exact) mass is 382 g/mol. The van der Waals surface area contributed by atoms with Crippen molar-refractivity contribution in [2.24, 2.45) is 0 Å². The maximum absolute atomic E-state index is 6.33. The third-order valence-electron chi connectivity index (χ3n) is 5.37. The maximum Gasteiger partial charge on any atom is 0.126 e. The number of para-hydroxylation sites is 1. The Hall–Kier alpha value is -2.48. The molecule has 29 heavy (non-hydrogen) atoms. The molecule has 0 aliphatic heterocycles. The molecule has 3 aromatic carbocycles. The van der Waals surface area contributed by atoms with Gasteiger partial charge in [0.15, 0.2) is 0 Å². The molecule has 0 heterocycles. The fourth-order valence-electron chi connectivity index (χ4n) is 3.52. The first-order chi connectivity index (χ1) is 13.5. The molecule has 0 aliphatic rings. The van der Waals surface area contributed by atoms with Crippen molar-refractivity contribution in [1.82, 2.24) is 0 Å². The quantitative estimate of drug-likeness (QED) is 0.475. The highest BCUT2D eigenvalue weighted by atomic mass is 16.5. The summed E-state index contributed by atoms with van der Waals surface area (Å²) in [5.41, 5.74) is 8.00. The molecule has 148 valence electrons. The summed E-state index contributed by atoms with van der Waals surface area (Å²) in [6.07, 6.45) is 0. The van der Waals surface area contributed by atoms with Crippen molar-refractivity contribution < 1.29 is 4.74 Å². The van der Waals surface area contributed by atoms with E-state index in [1.807, 2.05) is 24.3 Å². The number of rotatable bonds is 3. The van der Waals surface area contributed by atoms with Crippen molar-refractivity contribution >= 4 is 13.3 Å². The summed E-state index contributed by atoms with van der Waals surface area (Å²) in [5.74, 6) is 0.850. The number of methoxy groups -OCH3 is 1. The number of hydrogen-bond donors (Lipinski definition) is 0. The van der Waals surface area contributed by atoms with Crippen LogP contribution in [-0.4, -0.2) is 15.0 Å². The lowest BCUT2D eigenvalue weighted by Gasteiger charge is -2.26. The first-order valence-electron chi connectivity index (χ1n) is 10.2. The first kappa shape index (κ1) is 21.2. The Bertz CT molecular complexity index is 987.